The first kappa shape index (κ1) is 27.6. The summed E-state index contributed by atoms with van der Waals surface area (Å²) in [5.74, 6) is -0.451. The fourth-order valence-corrected chi connectivity index (χ4v) is 3.09. The van der Waals surface area contributed by atoms with Crippen LogP contribution < -0.4 is 22.1 Å². The fourth-order valence-electron chi connectivity index (χ4n) is 1.53. The zero-order valence-corrected chi connectivity index (χ0v) is 18.3. The highest BCUT2D eigenvalue weighted by atomic mass is 32.2. The van der Waals surface area contributed by atoms with Gasteiger partial charge in [-0.1, -0.05) is 0 Å². The van der Waals surface area contributed by atoms with Crippen molar-refractivity contribution < 1.29 is 24.5 Å². The minimum atomic E-state index is -1.26. The van der Waals surface area contributed by atoms with Crippen molar-refractivity contribution in [2.24, 2.45) is 21.5 Å². The summed E-state index contributed by atoms with van der Waals surface area (Å²) in [6.07, 6.45) is 2.96. The van der Waals surface area contributed by atoms with Crippen molar-refractivity contribution in [2.45, 2.75) is 5.75 Å². The summed E-state index contributed by atoms with van der Waals surface area (Å²) in [5.41, 5.74) is 11.5. The average molecular weight is 473 g/mol. The van der Waals surface area contributed by atoms with Crippen molar-refractivity contribution in [3.8, 4) is 6.19 Å². The number of rotatable bonds is 11. The molecule has 0 saturated carbocycles. The quantitative estimate of drug-likeness (QED) is 0.0607. The first-order valence-corrected chi connectivity index (χ1v) is 10.5. The van der Waals surface area contributed by atoms with Gasteiger partial charge in [-0.05, 0) is 0 Å². The van der Waals surface area contributed by atoms with Crippen LogP contribution in [0.5, 0.6) is 0 Å². The van der Waals surface area contributed by atoms with Crippen molar-refractivity contribution in [1.82, 2.24) is 15.6 Å². The Morgan fingerprint density at radius 3 is 2.61 bits per heavy atom. The van der Waals surface area contributed by atoms with Crippen LogP contribution in [0.15, 0.2) is 27.5 Å². The Bertz CT molecular complexity index is 799. The first-order chi connectivity index (χ1) is 14.8. The van der Waals surface area contributed by atoms with E-state index < -0.39 is 11.9 Å². The molecule has 8 N–H and O–H groups in total. The molecule has 1 aromatic rings. The lowest BCUT2D eigenvalue weighted by atomic mass is 10.5. The summed E-state index contributed by atoms with van der Waals surface area (Å²) in [4.78, 5) is 31.5. The Kier molecular flexibility index (Phi) is 15.6. The molecule has 0 aromatic carbocycles. The number of aliphatic imine (C=N–C) groups is 2. The van der Waals surface area contributed by atoms with E-state index in [0.717, 1.165) is 17.2 Å². The van der Waals surface area contributed by atoms with Crippen LogP contribution in [-0.2, 0) is 20.1 Å². The smallest absolute Gasteiger partial charge is 0.328 e. The molecule has 0 amide bonds. The maximum absolute atomic E-state index is 9.55. The van der Waals surface area contributed by atoms with Crippen molar-refractivity contribution in [2.75, 3.05) is 32.6 Å². The van der Waals surface area contributed by atoms with Crippen LogP contribution in [0.2, 0.25) is 0 Å². The number of nitrogens with zero attached hydrogens (tertiary/aromatic N) is 4. The van der Waals surface area contributed by atoms with Crippen LogP contribution in [0, 0.1) is 11.5 Å². The van der Waals surface area contributed by atoms with E-state index in [1.165, 1.54) is 11.3 Å². The maximum Gasteiger partial charge on any atom is 0.328 e. The van der Waals surface area contributed by atoms with E-state index in [-0.39, 0.29) is 5.96 Å². The molecule has 0 aliphatic carbocycles. The van der Waals surface area contributed by atoms with Crippen LogP contribution >= 0.6 is 23.1 Å². The van der Waals surface area contributed by atoms with E-state index in [2.05, 4.69) is 25.6 Å². The summed E-state index contributed by atoms with van der Waals surface area (Å²) in [6, 6.07) is 0. The number of thioether (sulfide) groups is 1. The number of nitrogens with two attached hydrogens (primary N) is 2. The van der Waals surface area contributed by atoms with E-state index in [9.17, 15) is 9.59 Å². The number of carboxylic acids is 2. The second-order valence-electron chi connectivity index (χ2n) is 5.11. The Labute approximate surface area is 186 Å². The molecule has 13 nitrogen and oxygen atoms in total. The summed E-state index contributed by atoms with van der Waals surface area (Å²) in [6.45, 7) is 1.68. The van der Waals surface area contributed by atoms with Gasteiger partial charge < -0.3 is 31.7 Å². The van der Waals surface area contributed by atoms with E-state index in [4.69, 9.17) is 31.7 Å². The molecule has 1 rings (SSSR count). The number of nitriles is 1. The van der Waals surface area contributed by atoms with Gasteiger partial charge in [-0.15, -0.1) is 11.3 Å². The second-order valence-corrected chi connectivity index (χ2v) is 7.05. The maximum atomic E-state index is 9.55. The zero-order valence-electron chi connectivity index (χ0n) is 16.6. The number of carbonyl (C=O) groups is 2. The van der Waals surface area contributed by atoms with Gasteiger partial charge in [0.25, 0.3) is 0 Å². The van der Waals surface area contributed by atoms with Gasteiger partial charge in [0.15, 0.2) is 12.2 Å². The van der Waals surface area contributed by atoms with Crippen molar-refractivity contribution in [3.63, 3.8) is 0 Å². The zero-order chi connectivity index (χ0) is 23.5. The van der Waals surface area contributed by atoms with Crippen LogP contribution in [0.1, 0.15) is 5.69 Å². The van der Waals surface area contributed by atoms with Crippen molar-refractivity contribution in [3.05, 3.63) is 23.2 Å². The molecule has 1 aromatic heterocycles. The summed E-state index contributed by atoms with van der Waals surface area (Å²) >= 11 is 3.11. The lowest BCUT2D eigenvalue weighted by Crippen LogP contribution is -2.36. The third kappa shape index (κ3) is 17.2. The van der Waals surface area contributed by atoms with Gasteiger partial charge in [0.2, 0.25) is 11.1 Å². The minimum absolute atomic E-state index is 0.00744. The molecule has 170 valence electrons. The second kappa shape index (κ2) is 17.5. The van der Waals surface area contributed by atoms with E-state index in [1.54, 1.807) is 18.9 Å². The number of aliphatic carboxylic acids is 2. The number of carboxylic acid groups (broad SMARTS) is 2. The van der Waals surface area contributed by atoms with Crippen LogP contribution in [-0.4, -0.2) is 71.6 Å². The molecule has 0 spiro atoms. The summed E-state index contributed by atoms with van der Waals surface area (Å²) in [7, 11) is 1.61. The number of nitrogens with one attached hydrogen (secondary N) is 2. The van der Waals surface area contributed by atoms with Gasteiger partial charge in [-0.2, -0.15) is 22.0 Å². The third-order valence-electron chi connectivity index (χ3n) is 2.66. The first-order valence-electron chi connectivity index (χ1n) is 8.46. The molecule has 0 saturated heterocycles. The van der Waals surface area contributed by atoms with Gasteiger partial charge in [-0.25, -0.2) is 14.6 Å². The predicted molar refractivity (Wildman–Crippen MR) is 119 cm³/mol. The van der Waals surface area contributed by atoms with Crippen LogP contribution in [0.25, 0.3) is 0 Å². The number of hydrogen-bond acceptors (Lipinski definition) is 9. The largest absolute Gasteiger partial charge is 0.478 e. The molecule has 0 fully saturated rings. The summed E-state index contributed by atoms with van der Waals surface area (Å²) in [5, 5.41) is 32.3. The Morgan fingerprint density at radius 1 is 1.39 bits per heavy atom. The van der Waals surface area contributed by atoms with E-state index in [0.29, 0.717) is 42.9 Å². The lowest BCUT2D eigenvalue weighted by molar-refractivity contribution is -0.134. The molecule has 0 unspecified atom stereocenters. The van der Waals surface area contributed by atoms with Crippen LogP contribution in [0.4, 0.5) is 5.13 Å². The van der Waals surface area contributed by atoms with Gasteiger partial charge in [0.05, 0.1) is 18.8 Å². The highest BCUT2D eigenvalue weighted by Crippen LogP contribution is 2.21. The van der Waals surface area contributed by atoms with E-state index >= 15 is 0 Å². The third-order valence-corrected chi connectivity index (χ3v) is 4.44. The topological polar surface area (TPSA) is 221 Å². The molecule has 0 aliphatic heterocycles. The Balaban J connectivity index is 0.000000954. The fraction of sp³-hybridized carbons (Fsp3) is 0.375. The van der Waals surface area contributed by atoms with E-state index in [1.807, 2.05) is 11.6 Å². The number of guanidine groups is 2. The molecule has 31 heavy (non-hydrogen) atoms. The molecular weight excluding hydrogens is 448 g/mol. The number of thiazole rings is 1. The minimum Gasteiger partial charge on any atom is -0.478 e. The molecular formula is C16H24N8O5S2. The van der Waals surface area contributed by atoms with Crippen molar-refractivity contribution >= 4 is 52.1 Å². The number of hydrogen-bond donors (Lipinski definition) is 6. The standard InChI is InChI=1S/C12H20N8OS2.C4H4O4/c1-21-4-2-16-11(18-8-13)17-3-5-22-6-9-7-23-12(19-9)20-10(14)15;5-3(6)1-2-4(7)8/h7H,2-6H2,1H3,(H2,16,17,18)(H4,14,15,19,20);1-2H,(H,5,6)(H,7,8)/b;2-1-. The lowest BCUT2D eigenvalue weighted by Gasteiger charge is -2.07. The number of aromatic nitrogens is 1. The SMILES string of the molecule is COCCN=C(NC#N)NCCSCc1csc(N=C(N)N)n1.O=C(O)/C=C\C(=O)O. The molecule has 0 atom stereocenters. The monoisotopic (exact) mass is 472 g/mol. The Hall–Kier alpha value is -3.35. The van der Waals surface area contributed by atoms with Gasteiger partial charge in [-0.3, -0.25) is 10.3 Å². The van der Waals surface area contributed by atoms with Crippen LogP contribution in [0.3, 0.4) is 0 Å². The highest BCUT2D eigenvalue weighted by molar-refractivity contribution is 7.98. The number of ether oxygens (including phenoxy) is 1. The van der Waals surface area contributed by atoms with Gasteiger partial charge >= 0.3 is 11.9 Å². The molecule has 15 heteroatoms. The number of methoxy groups -OCH3 is 1. The highest BCUT2D eigenvalue weighted by Gasteiger charge is 2.02. The molecule has 0 radical (unpaired) electrons. The average Bonchev–Trinajstić information content (AvgIpc) is 3.13. The van der Waals surface area contributed by atoms with Gasteiger partial charge in [0, 0.05) is 42.7 Å². The molecule has 1 heterocycles. The van der Waals surface area contributed by atoms with Crippen molar-refractivity contribution in [1.29, 1.82) is 5.26 Å². The Morgan fingerprint density at radius 2 is 2.06 bits per heavy atom. The molecule has 0 aliphatic rings. The van der Waals surface area contributed by atoms with Gasteiger partial charge in [0.1, 0.15) is 0 Å². The normalized spacial score (nSPS) is 10.5. The predicted octanol–water partition coefficient (Wildman–Crippen LogP) is -0.344. The summed E-state index contributed by atoms with van der Waals surface area (Å²) < 4.78 is 4.91. The molecule has 0 bridgehead atoms.